The SMILES string of the molecule is CCNC(=O)CCNCc1c(O)cccc1Cl. The average Bonchev–Trinajstić information content (AvgIpc) is 2.28. The molecule has 0 saturated heterocycles. The van der Waals surface area contributed by atoms with E-state index in [4.69, 9.17) is 11.6 Å². The van der Waals surface area contributed by atoms with Gasteiger partial charge < -0.3 is 15.7 Å². The number of hydrogen-bond acceptors (Lipinski definition) is 3. The van der Waals surface area contributed by atoms with E-state index in [2.05, 4.69) is 10.6 Å². The monoisotopic (exact) mass is 256 g/mol. The lowest BCUT2D eigenvalue weighted by atomic mass is 10.2. The number of hydrogen-bond donors (Lipinski definition) is 3. The van der Waals surface area contributed by atoms with Gasteiger partial charge in [0.15, 0.2) is 0 Å². The van der Waals surface area contributed by atoms with Crippen LogP contribution in [0.3, 0.4) is 0 Å². The Morgan fingerprint density at radius 3 is 2.88 bits per heavy atom. The molecule has 94 valence electrons. The molecule has 0 radical (unpaired) electrons. The topological polar surface area (TPSA) is 61.4 Å². The Morgan fingerprint density at radius 2 is 2.24 bits per heavy atom. The third kappa shape index (κ3) is 4.63. The minimum Gasteiger partial charge on any atom is -0.508 e. The summed E-state index contributed by atoms with van der Waals surface area (Å²) in [6.07, 6.45) is 0.416. The highest BCUT2D eigenvalue weighted by Gasteiger charge is 2.05. The van der Waals surface area contributed by atoms with Crippen LogP contribution in [0, 0.1) is 0 Å². The van der Waals surface area contributed by atoms with Crippen LogP contribution in [0.1, 0.15) is 18.9 Å². The number of amides is 1. The Labute approximate surface area is 106 Å². The normalized spacial score (nSPS) is 10.2. The van der Waals surface area contributed by atoms with E-state index >= 15 is 0 Å². The average molecular weight is 257 g/mol. The Bertz CT molecular complexity index is 363. The van der Waals surface area contributed by atoms with Crippen molar-refractivity contribution in [2.45, 2.75) is 19.9 Å². The van der Waals surface area contributed by atoms with Crippen LogP contribution in [0.15, 0.2) is 18.2 Å². The number of nitrogens with one attached hydrogen (secondary N) is 2. The second kappa shape index (κ2) is 7.14. The zero-order valence-electron chi connectivity index (χ0n) is 9.79. The predicted molar refractivity (Wildman–Crippen MR) is 68.1 cm³/mol. The van der Waals surface area contributed by atoms with E-state index in [1.807, 2.05) is 6.92 Å². The molecule has 4 nitrogen and oxygen atoms in total. The Hall–Kier alpha value is -1.26. The molecule has 17 heavy (non-hydrogen) atoms. The molecule has 0 aliphatic heterocycles. The van der Waals surface area contributed by atoms with Crippen molar-refractivity contribution in [1.29, 1.82) is 0 Å². The van der Waals surface area contributed by atoms with Crippen LogP contribution in [0.25, 0.3) is 0 Å². The van der Waals surface area contributed by atoms with Gasteiger partial charge in [-0.3, -0.25) is 4.79 Å². The number of benzene rings is 1. The van der Waals surface area contributed by atoms with E-state index in [-0.39, 0.29) is 11.7 Å². The predicted octanol–water partition coefficient (Wildman–Crippen LogP) is 1.66. The Balaban J connectivity index is 2.34. The summed E-state index contributed by atoms with van der Waals surface area (Å²) in [5.74, 6) is 0.186. The maximum absolute atomic E-state index is 11.2. The summed E-state index contributed by atoms with van der Waals surface area (Å²) < 4.78 is 0. The highest BCUT2D eigenvalue weighted by atomic mass is 35.5. The van der Waals surface area contributed by atoms with Gasteiger partial charge in [0.05, 0.1) is 0 Å². The summed E-state index contributed by atoms with van der Waals surface area (Å²) in [7, 11) is 0. The Morgan fingerprint density at radius 1 is 1.47 bits per heavy atom. The molecule has 0 aliphatic rings. The van der Waals surface area contributed by atoms with Gasteiger partial charge in [-0.1, -0.05) is 17.7 Å². The first-order valence-corrected chi connectivity index (χ1v) is 5.96. The van der Waals surface area contributed by atoms with Crippen molar-refractivity contribution in [2.24, 2.45) is 0 Å². The van der Waals surface area contributed by atoms with E-state index in [1.165, 1.54) is 0 Å². The van der Waals surface area contributed by atoms with E-state index in [1.54, 1.807) is 18.2 Å². The molecule has 0 fully saturated rings. The fourth-order valence-electron chi connectivity index (χ4n) is 1.42. The number of rotatable bonds is 6. The fourth-order valence-corrected chi connectivity index (χ4v) is 1.66. The first kappa shape index (κ1) is 13.8. The van der Waals surface area contributed by atoms with Crippen LogP contribution < -0.4 is 10.6 Å². The van der Waals surface area contributed by atoms with Gasteiger partial charge in [-0.15, -0.1) is 0 Å². The summed E-state index contributed by atoms with van der Waals surface area (Å²) in [4.78, 5) is 11.2. The number of phenolic OH excluding ortho intramolecular Hbond substituents is 1. The van der Waals surface area contributed by atoms with Crippen LogP contribution >= 0.6 is 11.6 Å². The summed E-state index contributed by atoms with van der Waals surface area (Å²) >= 11 is 5.94. The lowest BCUT2D eigenvalue weighted by Crippen LogP contribution is -2.27. The van der Waals surface area contributed by atoms with Gasteiger partial charge >= 0.3 is 0 Å². The van der Waals surface area contributed by atoms with Crippen molar-refractivity contribution in [1.82, 2.24) is 10.6 Å². The number of aromatic hydroxyl groups is 1. The van der Waals surface area contributed by atoms with Gasteiger partial charge in [-0.05, 0) is 19.1 Å². The molecular weight excluding hydrogens is 240 g/mol. The lowest BCUT2D eigenvalue weighted by Gasteiger charge is -2.08. The number of carbonyl (C=O) groups is 1. The molecule has 1 amide bonds. The largest absolute Gasteiger partial charge is 0.508 e. The van der Waals surface area contributed by atoms with E-state index in [0.29, 0.717) is 36.6 Å². The highest BCUT2D eigenvalue weighted by Crippen LogP contribution is 2.24. The number of phenols is 1. The summed E-state index contributed by atoms with van der Waals surface area (Å²) in [6, 6.07) is 5.00. The molecule has 0 saturated carbocycles. The maximum Gasteiger partial charge on any atom is 0.221 e. The van der Waals surface area contributed by atoms with E-state index in [0.717, 1.165) is 0 Å². The van der Waals surface area contributed by atoms with Crippen molar-refractivity contribution in [3.63, 3.8) is 0 Å². The second-order valence-corrected chi connectivity index (χ2v) is 4.02. The summed E-state index contributed by atoms with van der Waals surface area (Å²) in [5, 5.41) is 15.9. The minimum atomic E-state index is 0.0170. The quantitative estimate of drug-likeness (QED) is 0.679. The molecule has 0 atom stereocenters. The van der Waals surface area contributed by atoms with Gasteiger partial charge in [0, 0.05) is 36.6 Å². The van der Waals surface area contributed by atoms with Crippen molar-refractivity contribution >= 4 is 17.5 Å². The van der Waals surface area contributed by atoms with Gasteiger partial charge in [-0.25, -0.2) is 0 Å². The zero-order valence-corrected chi connectivity index (χ0v) is 10.5. The third-order valence-corrected chi connectivity index (χ3v) is 2.65. The molecule has 0 heterocycles. The standard InChI is InChI=1S/C12H17ClN2O2/c1-2-15-12(17)6-7-14-8-9-10(13)4-3-5-11(9)16/h3-5,14,16H,2,6-8H2,1H3,(H,15,17). The van der Waals surface area contributed by atoms with Gasteiger partial charge in [0.2, 0.25) is 5.91 Å². The number of carbonyl (C=O) groups excluding carboxylic acids is 1. The molecule has 0 spiro atoms. The van der Waals surface area contributed by atoms with Crippen molar-refractivity contribution in [3.05, 3.63) is 28.8 Å². The van der Waals surface area contributed by atoms with E-state index < -0.39 is 0 Å². The van der Waals surface area contributed by atoms with Crippen molar-refractivity contribution < 1.29 is 9.90 Å². The molecule has 1 aromatic rings. The molecule has 1 rings (SSSR count). The van der Waals surface area contributed by atoms with Crippen LogP contribution in [-0.4, -0.2) is 24.1 Å². The zero-order chi connectivity index (χ0) is 12.7. The minimum absolute atomic E-state index is 0.0170. The van der Waals surface area contributed by atoms with Gasteiger partial charge in [0.25, 0.3) is 0 Å². The third-order valence-electron chi connectivity index (χ3n) is 2.30. The molecule has 5 heteroatoms. The molecule has 0 bridgehead atoms. The summed E-state index contributed by atoms with van der Waals surface area (Å²) in [5.41, 5.74) is 0.657. The maximum atomic E-state index is 11.2. The van der Waals surface area contributed by atoms with Crippen molar-refractivity contribution in [3.8, 4) is 5.75 Å². The second-order valence-electron chi connectivity index (χ2n) is 3.62. The van der Waals surface area contributed by atoms with Gasteiger partial charge in [0.1, 0.15) is 5.75 Å². The van der Waals surface area contributed by atoms with Crippen molar-refractivity contribution in [2.75, 3.05) is 13.1 Å². The summed E-state index contributed by atoms with van der Waals surface area (Å²) in [6.45, 7) is 3.53. The van der Waals surface area contributed by atoms with Crippen LogP contribution in [0.4, 0.5) is 0 Å². The highest BCUT2D eigenvalue weighted by molar-refractivity contribution is 6.31. The first-order chi connectivity index (χ1) is 8.15. The number of halogens is 1. The van der Waals surface area contributed by atoms with Crippen LogP contribution in [0.5, 0.6) is 5.75 Å². The molecule has 1 aromatic carbocycles. The molecule has 0 aromatic heterocycles. The fraction of sp³-hybridized carbons (Fsp3) is 0.417. The Kier molecular flexibility index (Phi) is 5.80. The van der Waals surface area contributed by atoms with Crippen LogP contribution in [-0.2, 0) is 11.3 Å². The first-order valence-electron chi connectivity index (χ1n) is 5.59. The molecular formula is C12H17ClN2O2. The smallest absolute Gasteiger partial charge is 0.221 e. The molecule has 3 N–H and O–H groups in total. The van der Waals surface area contributed by atoms with E-state index in [9.17, 15) is 9.90 Å². The van der Waals surface area contributed by atoms with Crippen LogP contribution in [0.2, 0.25) is 5.02 Å². The van der Waals surface area contributed by atoms with Gasteiger partial charge in [-0.2, -0.15) is 0 Å². The lowest BCUT2D eigenvalue weighted by molar-refractivity contribution is -0.120. The molecule has 0 unspecified atom stereocenters. The molecule has 0 aliphatic carbocycles.